The normalized spacial score (nSPS) is 23.4. The third kappa shape index (κ3) is 4.43. The van der Waals surface area contributed by atoms with Crippen molar-refractivity contribution in [2.45, 2.75) is 58.5 Å². The summed E-state index contributed by atoms with van der Waals surface area (Å²) in [4.78, 5) is 0. The molecular weight excluding hydrogens is 174 g/mol. The van der Waals surface area contributed by atoms with Gasteiger partial charge in [0.2, 0.25) is 0 Å². The summed E-state index contributed by atoms with van der Waals surface area (Å²) in [6, 6.07) is 0. The molecule has 0 bridgehead atoms. The van der Waals surface area contributed by atoms with E-state index in [0.29, 0.717) is 5.41 Å². The lowest BCUT2D eigenvalue weighted by Crippen LogP contribution is -2.34. The van der Waals surface area contributed by atoms with E-state index in [1.807, 2.05) is 6.92 Å². The molecule has 0 aromatic carbocycles. The standard InChI is InChI=1S/C12H25NO/c1-11(14)6-9-13-10-12(2)7-4-3-5-8-12/h11,13-14H,3-10H2,1-2H3. The summed E-state index contributed by atoms with van der Waals surface area (Å²) < 4.78 is 0. The summed E-state index contributed by atoms with van der Waals surface area (Å²) >= 11 is 0. The second kappa shape index (κ2) is 5.72. The molecule has 1 saturated carbocycles. The third-order valence-corrected chi connectivity index (χ3v) is 3.35. The maximum Gasteiger partial charge on any atom is 0.0524 e. The van der Waals surface area contributed by atoms with Crippen LogP contribution >= 0.6 is 0 Å². The van der Waals surface area contributed by atoms with Gasteiger partial charge in [0.1, 0.15) is 0 Å². The van der Waals surface area contributed by atoms with E-state index in [-0.39, 0.29) is 6.10 Å². The minimum absolute atomic E-state index is 0.165. The van der Waals surface area contributed by atoms with Gasteiger partial charge < -0.3 is 10.4 Å². The Hall–Kier alpha value is -0.0800. The first-order valence-electron chi connectivity index (χ1n) is 6.01. The molecule has 1 atom stereocenters. The minimum Gasteiger partial charge on any atom is -0.393 e. The number of hydrogen-bond donors (Lipinski definition) is 2. The molecule has 2 heteroatoms. The molecule has 0 aliphatic heterocycles. The Bertz CT molecular complexity index is 150. The zero-order valence-electron chi connectivity index (χ0n) is 9.68. The van der Waals surface area contributed by atoms with Crippen LogP contribution in [0.15, 0.2) is 0 Å². The molecular formula is C12H25NO. The van der Waals surface area contributed by atoms with Crippen LogP contribution < -0.4 is 5.32 Å². The highest BCUT2D eigenvalue weighted by Gasteiger charge is 2.25. The first-order chi connectivity index (χ1) is 6.62. The van der Waals surface area contributed by atoms with E-state index in [1.165, 1.54) is 32.1 Å². The number of hydrogen-bond acceptors (Lipinski definition) is 2. The number of rotatable bonds is 5. The van der Waals surface area contributed by atoms with Crippen LogP contribution in [0.2, 0.25) is 0 Å². The molecule has 1 rings (SSSR count). The van der Waals surface area contributed by atoms with E-state index in [0.717, 1.165) is 19.5 Å². The summed E-state index contributed by atoms with van der Waals surface area (Å²) in [7, 11) is 0. The predicted molar refractivity (Wildman–Crippen MR) is 60.4 cm³/mol. The summed E-state index contributed by atoms with van der Waals surface area (Å²) in [5.41, 5.74) is 0.525. The maximum atomic E-state index is 9.11. The number of nitrogens with one attached hydrogen (secondary N) is 1. The fourth-order valence-electron chi connectivity index (χ4n) is 2.28. The third-order valence-electron chi connectivity index (χ3n) is 3.35. The zero-order chi connectivity index (χ0) is 10.4. The molecule has 0 heterocycles. The molecule has 1 aliphatic carbocycles. The molecule has 0 spiro atoms. The molecule has 0 aromatic heterocycles. The Kier molecular flexibility index (Phi) is 4.90. The molecule has 14 heavy (non-hydrogen) atoms. The van der Waals surface area contributed by atoms with Gasteiger partial charge >= 0.3 is 0 Å². The van der Waals surface area contributed by atoms with Gasteiger partial charge in [-0.15, -0.1) is 0 Å². The van der Waals surface area contributed by atoms with Crippen LogP contribution in [0, 0.1) is 5.41 Å². The average molecular weight is 199 g/mol. The fourth-order valence-corrected chi connectivity index (χ4v) is 2.28. The zero-order valence-corrected chi connectivity index (χ0v) is 9.68. The van der Waals surface area contributed by atoms with Crippen molar-refractivity contribution in [2.75, 3.05) is 13.1 Å². The lowest BCUT2D eigenvalue weighted by Gasteiger charge is -2.33. The smallest absolute Gasteiger partial charge is 0.0524 e. The fraction of sp³-hybridized carbons (Fsp3) is 1.00. The van der Waals surface area contributed by atoms with Crippen molar-refractivity contribution in [1.82, 2.24) is 5.32 Å². The second-order valence-corrected chi connectivity index (χ2v) is 5.19. The number of aliphatic hydroxyl groups is 1. The molecule has 2 nitrogen and oxygen atoms in total. The van der Waals surface area contributed by atoms with Crippen molar-refractivity contribution in [3.05, 3.63) is 0 Å². The molecule has 0 amide bonds. The largest absolute Gasteiger partial charge is 0.393 e. The Morgan fingerprint density at radius 3 is 2.50 bits per heavy atom. The van der Waals surface area contributed by atoms with Crippen LogP contribution in [0.25, 0.3) is 0 Å². The van der Waals surface area contributed by atoms with Gasteiger partial charge in [-0.3, -0.25) is 0 Å². The maximum absolute atomic E-state index is 9.11. The summed E-state index contributed by atoms with van der Waals surface area (Å²) in [6.45, 7) is 6.32. The highest BCUT2D eigenvalue weighted by molar-refractivity contribution is 4.80. The van der Waals surface area contributed by atoms with Gasteiger partial charge in [0.05, 0.1) is 6.10 Å². The van der Waals surface area contributed by atoms with Crippen LogP contribution in [-0.4, -0.2) is 24.3 Å². The molecule has 0 radical (unpaired) electrons. The van der Waals surface area contributed by atoms with Crippen molar-refractivity contribution in [3.63, 3.8) is 0 Å². The van der Waals surface area contributed by atoms with E-state index in [9.17, 15) is 0 Å². The van der Waals surface area contributed by atoms with Gasteiger partial charge in [0.25, 0.3) is 0 Å². The van der Waals surface area contributed by atoms with Crippen molar-refractivity contribution in [2.24, 2.45) is 5.41 Å². The minimum atomic E-state index is -0.165. The van der Waals surface area contributed by atoms with Gasteiger partial charge in [-0.2, -0.15) is 0 Å². The first-order valence-corrected chi connectivity index (χ1v) is 6.01. The quantitative estimate of drug-likeness (QED) is 0.666. The predicted octanol–water partition coefficient (Wildman–Crippen LogP) is 2.32. The van der Waals surface area contributed by atoms with Crippen molar-refractivity contribution in [3.8, 4) is 0 Å². The van der Waals surface area contributed by atoms with Crippen LogP contribution in [-0.2, 0) is 0 Å². The Morgan fingerprint density at radius 2 is 1.93 bits per heavy atom. The molecule has 0 saturated heterocycles. The van der Waals surface area contributed by atoms with Crippen LogP contribution in [0.4, 0.5) is 0 Å². The lowest BCUT2D eigenvalue weighted by atomic mass is 9.76. The monoisotopic (exact) mass is 199 g/mol. The Labute approximate surface area is 88.1 Å². The van der Waals surface area contributed by atoms with E-state index in [4.69, 9.17) is 5.11 Å². The Balaban J connectivity index is 2.09. The summed E-state index contributed by atoms with van der Waals surface area (Å²) in [5, 5.41) is 12.6. The molecule has 1 unspecified atom stereocenters. The van der Waals surface area contributed by atoms with Crippen LogP contribution in [0.1, 0.15) is 52.4 Å². The van der Waals surface area contributed by atoms with E-state index >= 15 is 0 Å². The molecule has 0 aromatic rings. The van der Waals surface area contributed by atoms with Gasteiger partial charge in [-0.25, -0.2) is 0 Å². The first kappa shape index (κ1) is 12.0. The van der Waals surface area contributed by atoms with Crippen LogP contribution in [0.3, 0.4) is 0 Å². The highest BCUT2D eigenvalue weighted by Crippen LogP contribution is 2.34. The van der Waals surface area contributed by atoms with E-state index in [2.05, 4.69) is 12.2 Å². The highest BCUT2D eigenvalue weighted by atomic mass is 16.3. The van der Waals surface area contributed by atoms with Crippen LogP contribution in [0.5, 0.6) is 0 Å². The van der Waals surface area contributed by atoms with Gasteiger partial charge in [0, 0.05) is 6.54 Å². The van der Waals surface area contributed by atoms with Crippen molar-refractivity contribution < 1.29 is 5.11 Å². The summed E-state index contributed by atoms with van der Waals surface area (Å²) in [6.07, 6.45) is 7.66. The van der Waals surface area contributed by atoms with Gasteiger partial charge in [-0.1, -0.05) is 26.2 Å². The molecule has 2 N–H and O–H groups in total. The average Bonchev–Trinajstić information content (AvgIpc) is 2.14. The summed E-state index contributed by atoms with van der Waals surface area (Å²) in [5.74, 6) is 0. The second-order valence-electron chi connectivity index (χ2n) is 5.19. The molecule has 1 aliphatic rings. The van der Waals surface area contributed by atoms with Gasteiger partial charge in [0.15, 0.2) is 0 Å². The number of aliphatic hydroxyl groups excluding tert-OH is 1. The van der Waals surface area contributed by atoms with E-state index in [1.54, 1.807) is 0 Å². The topological polar surface area (TPSA) is 32.3 Å². The van der Waals surface area contributed by atoms with E-state index < -0.39 is 0 Å². The molecule has 1 fully saturated rings. The lowest BCUT2D eigenvalue weighted by molar-refractivity contribution is 0.173. The van der Waals surface area contributed by atoms with Crippen molar-refractivity contribution >= 4 is 0 Å². The van der Waals surface area contributed by atoms with Gasteiger partial charge in [-0.05, 0) is 38.1 Å². The Morgan fingerprint density at radius 1 is 1.29 bits per heavy atom. The van der Waals surface area contributed by atoms with Crippen molar-refractivity contribution in [1.29, 1.82) is 0 Å². The molecule has 84 valence electrons. The SMILES string of the molecule is CC(O)CCNCC1(C)CCCCC1.